The van der Waals surface area contributed by atoms with Gasteiger partial charge in [0, 0.05) is 31.2 Å². The number of nitrogens with one attached hydrogen (secondary N) is 1. The lowest BCUT2D eigenvalue weighted by Crippen LogP contribution is -2.56. The van der Waals surface area contributed by atoms with Gasteiger partial charge in [0.15, 0.2) is 0 Å². The summed E-state index contributed by atoms with van der Waals surface area (Å²) in [6.45, 7) is 7.73. The predicted octanol–water partition coefficient (Wildman–Crippen LogP) is 2.61. The van der Waals surface area contributed by atoms with Crippen molar-refractivity contribution >= 4 is 15.9 Å². The maximum atomic E-state index is 13.1. The van der Waals surface area contributed by atoms with Crippen molar-refractivity contribution in [2.45, 2.75) is 81.9 Å². The molecule has 2 saturated heterocycles. The van der Waals surface area contributed by atoms with Crippen molar-refractivity contribution in [1.82, 2.24) is 14.5 Å². The highest BCUT2D eigenvalue weighted by Crippen LogP contribution is 2.25. The Balaban J connectivity index is 1.55. The van der Waals surface area contributed by atoms with Gasteiger partial charge in [0.1, 0.15) is 0 Å². The van der Waals surface area contributed by atoms with Crippen LogP contribution in [-0.2, 0) is 14.8 Å². The highest BCUT2D eigenvalue weighted by Gasteiger charge is 2.35. The van der Waals surface area contributed by atoms with Crippen LogP contribution in [0.1, 0.15) is 52.9 Å². The van der Waals surface area contributed by atoms with E-state index in [1.807, 2.05) is 6.92 Å². The van der Waals surface area contributed by atoms with Crippen LogP contribution in [0, 0.1) is 0 Å². The molecule has 0 bridgehead atoms. The van der Waals surface area contributed by atoms with Crippen LogP contribution in [0.4, 0.5) is 0 Å². The fraction of sp³-hybridized carbons (Fsp3) is 0.667. The topological polar surface area (TPSA) is 69.7 Å². The number of sulfonamides is 1. The monoisotopic (exact) mass is 407 g/mol. The van der Waals surface area contributed by atoms with Crippen LogP contribution in [0.15, 0.2) is 35.2 Å². The molecule has 0 aromatic heterocycles. The van der Waals surface area contributed by atoms with Gasteiger partial charge in [-0.2, -0.15) is 0 Å². The van der Waals surface area contributed by atoms with Crippen molar-refractivity contribution in [2.75, 3.05) is 13.1 Å². The van der Waals surface area contributed by atoms with Crippen LogP contribution in [0.25, 0.3) is 0 Å². The van der Waals surface area contributed by atoms with Gasteiger partial charge in [-0.05, 0) is 65.0 Å². The second-order valence-electron chi connectivity index (χ2n) is 8.30. The van der Waals surface area contributed by atoms with E-state index >= 15 is 0 Å². The lowest BCUT2D eigenvalue weighted by molar-refractivity contribution is -0.143. The Morgan fingerprint density at radius 2 is 1.61 bits per heavy atom. The third-order valence-corrected chi connectivity index (χ3v) is 7.79. The summed E-state index contributed by atoms with van der Waals surface area (Å²) in [7, 11) is -3.49. The van der Waals surface area contributed by atoms with Gasteiger partial charge in [-0.3, -0.25) is 9.69 Å². The molecule has 2 aliphatic rings. The molecule has 1 aromatic rings. The first kappa shape index (κ1) is 21.3. The number of hydrogen-bond donors (Lipinski definition) is 1. The number of likely N-dealkylation sites (tertiary alicyclic amines) is 2. The zero-order chi connectivity index (χ0) is 20.3. The van der Waals surface area contributed by atoms with Gasteiger partial charge in [-0.15, -0.1) is 0 Å². The number of carbonyl (C=O) groups excluding carboxylic acids is 1. The Morgan fingerprint density at radius 1 is 1.04 bits per heavy atom. The molecular formula is C21H33N3O3S. The fourth-order valence-corrected chi connectivity index (χ4v) is 5.85. The molecule has 7 heteroatoms. The SMILES string of the molecule is CC(C(=O)N1C(C)CCCC1C)N1CCC(NS(=O)(=O)c2ccccc2)CC1. The number of nitrogens with zero attached hydrogens (tertiary/aromatic N) is 2. The van der Waals surface area contributed by atoms with Gasteiger partial charge in [-0.1, -0.05) is 18.2 Å². The summed E-state index contributed by atoms with van der Waals surface area (Å²) in [6.07, 6.45) is 4.77. The van der Waals surface area contributed by atoms with Crippen molar-refractivity contribution < 1.29 is 13.2 Å². The molecule has 0 aliphatic carbocycles. The summed E-state index contributed by atoms with van der Waals surface area (Å²) < 4.78 is 27.9. The third-order valence-electron chi connectivity index (χ3n) is 6.26. The first-order valence-corrected chi connectivity index (χ1v) is 11.9. The van der Waals surface area contributed by atoms with E-state index in [0.29, 0.717) is 17.0 Å². The van der Waals surface area contributed by atoms with E-state index in [9.17, 15) is 13.2 Å². The lowest BCUT2D eigenvalue weighted by atomic mass is 9.96. The first-order chi connectivity index (χ1) is 13.3. The maximum Gasteiger partial charge on any atom is 0.240 e. The molecule has 1 aromatic carbocycles. The average molecular weight is 408 g/mol. The van der Waals surface area contributed by atoms with Crippen LogP contribution in [0.3, 0.4) is 0 Å². The van der Waals surface area contributed by atoms with E-state index in [4.69, 9.17) is 0 Å². The van der Waals surface area contributed by atoms with Crippen LogP contribution in [-0.4, -0.2) is 61.4 Å². The number of benzene rings is 1. The minimum absolute atomic E-state index is 0.0865. The van der Waals surface area contributed by atoms with E-state index < -0.39 is 10.0 Å². The Morgan fingerprint density at radius 3 is 2.18 bits per heavy atom. The average Bonchev–Trinajstić information content (AvgIpc) is 2.68. The van der Waals surface area contributed by atoms with Crippen molar-refractivity contribution in [3.8, 4) is 0 Å². The molecule has 3 unspecified atom stereocenters. The molecule has 0 saturated carbocycles. The van der Waals surface area contributed by atoms with Crippen molar-refractivity contribution in [2.24, 2.45) is 0 Å². The summed E-state index contributed by atoms with van der Waals surface area (Å²) in [6, 6.07) is 8.84. The van der Waals surface area contributed by atoms with Crippen molar-refractivity contribution in [1.29, 1.82) is 0 Å². The Hall–Kier alpha value is -1.44. The first-order valence-electron chi connectivity index (χ1n) is 10.4. The smallest absolute Gasteiger partial charge is 0.240 e. The molecule has 2 aliphatic heterocycles. The molecule has 28 heavy (non-hydrogen) atoms. The zero-order valence-corrected chi connectivity index (χ0v) is 18.0. The fourth-order valence-electron chi connectivity index (χ4n) is 4.52. The number of hydrogen-bond acceptors (Lipinski definition) is 4. The van der Waals surface area contributed by atoms with Crippen LogP contribution < -0.4 is 4.72 Å². The molecule has 3 atom stereocenters. The van der Waals surface area contributed by atoms with Gasteiger partial charge in [0.2, 0.25) is 15.9 Å². The number of rotatable bonds is 5. The van der Waals surface area contributed by atoms with Gasteiger partial charge >= 0.3 is 0 Å². The summed E-state index contributed by atoms with van der Waals surface area (Å²) >= 11 is 0. The molecule has 1 N–H and O–H groups in total. The van der Waals surface area contributed by atoms with E-state index in [1.54, 1.807) is 30.3 Å². The molecule has 3 rings (SSSR count). The summed E-state index contributed by atoms with van der Waals surface area (Å²) in [4.78, 5) is 17.7. The normalized spacial score (nSPS) is 26.2. The number of carbonyl (C=O) groups is 1. The molecule has 2 fully saturated rings. The molecule has 0 radical (unpaired) electrons. The summed E-state index contributed by atoms with van der Waals surface area (Å²) in [5.74, 6) is 0.211. The third kappa shape index (κ3) is 4.75. The Labute approximate surface area is 169 Å². The minimum atomic E-state index is -3.49. The van der Waals surface area contributed by atoms with Crippen molar-refractivity contribution in [3.05, 3.63) is 30.3 Å². The van der Waals surface area contributed by atoms with E-state index in [0.717, 1.165) is 38.8 Å². The Kier molecular flexibility index (Phi) is 6.78. The Bertz CT molecular complexity index is 750. The highest BCUT2D eigenvalue weighted by atomic mass is 32.2. The van der Waals surface area contributed by atoms with Crippen LogP contribution in [0.5, 0.6) is 0 Å². The van der Waals surface area contributed by atoms with E-state index in [1.165, 1.54) is 6.42 Å². The summed E-state index contributed by atoms with van der Waals surface area (Å²) in [5.41, 5.74) is 0. The van der Waals surface area contributed by atoms with Crippen LogP contribution in [0.2, 0.25) is 0 Å². The zero-order valence-electron chi connectivity index (χ0n) is 17.2. The van der Waals surface area contributed by atoms with Gasteiger partial charge in [0.25, 0.3) is 0 Å². The molecular weight excluding hydrogens is 374 g/mol. The minimum Gasteiger partial charge on any atom is -0.336 e. The standard InChI is InChI=1S/C21H33N3O3S/c1-16-8-7-9-17(2)24(16)21(25)18(3)23-14-12-19(13-15-23)22-28(26,27)20-10-5-4-6-11-20/h4-6,10-11,16-19,22H,7-9,12-15H2,1-3H3. The molecule has 156 valence electrons. The van der Waals surface area contributed by atoms with E-state index in [-0.39, 0.29) is 18.0 Å². The molecule has 1 amide bonds. The second-order valence-corrected chi connectivity index (χ2v) is 10.0. The lowest BCUT2D eigenvalue weighted by Gasteiger charge is -2.43. The van der Waals surface area contributed by atoms with Gasteiger partial charge in [0.05, 0.1) is 10.9 Å². The van der Waals surface area contributed by atoms with Gasteiger partial charge in [-0.25, -0.2) is 13.1 Å². The van der Waals surface area contributed by atoms with Gasteiger partial charge < -0.3 is 4.90 Å². The molecule has 6 nitrogen and oxygen atoms in total. The van der Waals surface area contributed by atoms with Crippen molar-refractivity contribution in [3.63, 3.8) is 0 Å². The molecule has 2 heterocycles. The highest BCUT2D eigenvalue weighted by molar-refractivity contribution is 7.89. The number of piperidine rings is 2. The van der Waals surface area contributed by atoms with Crippen LogP contribution >= 0.6 is 0 Å². The van der Waals surface area contributed by atoms with E-state index in [2.05, 4.69) is 28.4 Å². The second kappa shape index (κ2) is 8.93. The largest absolute Gasteiger partial charge is 0.336 e. The maximum absolute atomic E-state index is 13.1. The molecule has 0 spiro atoms. The quantitative estimate of drug-likeness (QED) is 0.815. The number of amides is 1. The predicted molar refractivity (Wildman–Crippen MR) is 110 cm³/mol. The summed E-state index contributed by atoms with van der Waals surface area (Å²) in [5, 5.41) is 0.